The maximum atomic E-state index is 14.5. The van der Waals surface area contributed by atoms with Gasteiger partial charge < -0.3 is 40.3 Å². The van der Waals surface area contributed by atoms with Crippen molar-refractivity contribution in [2.45, 2.75) is 123 Å². The van der Waals surface area contributed by atoms with Crippen LogP contribution in [0.15, 0.2) is 66.7 Å². The molecular formula is C47H72N6O8. The standard InChI is InChI=1S/C47H72N6O8/c1-13-31(6)42(52(10)46(57)40(29(2)3)50-45(56)41(30(4)5)51(9)28-34-21-17-22-35(25-34)48-8)38(60-11)27-39(54)53-24-18-23-37(53)43(61-12)32(7)44(55)49-36(47(58)59)26-33-19-15-14-16-20-33/h14-17,19-22,25,29-30,32,36-38,40-43,48H,6,13,18,23-24,26-28H2,1-5,7-12H3,(H,49,55)(H,50,56)(H,58,59)/t32-,36+,37?,38-,40+,41+,42+,43-/m1/s1. The van der Waals surface area contributed by atoms with E-state index in [9.17, 15) is 29.1 Å². The first kappa shape index (κ1) is 50.6. The number of benzene rings is 2. The van der Waals surface area contributed by atoms with Crippen molar-refractivity contribution >= 4 is 35.3 Å². The minimum atomic E-state index is -1.15. The summed E-state index contributed by atoms with van der Waals surface area (Å²) in [5.41, 5.74) is 3.49. The molecule has 338 valence electrons. The molecule has 1 heterocycles. The number of hydrogen-bond donors (Lipinski definition) is 4. The molecule has 2 aromatic rings. The van der Waals surface area contributed by atoms with E-state index in [-0.39, 0.29) is 42.4 Å². The van der Waals surface area contributed by atoms with Crippen molar-refractivity contribution in [2.75, 3.05) is 47.2 Å². The second-order valence-corrected chi connectivity index (χ2v) is 17.0. The summed E-state index contributed by atoms with van der Waals surface area (Å²) < 4.78 is 11.9. The van der Waals surface area contributed by atoms with Crippen LogP contribution in [0.25, 0.3) is 0 Å². The van der Waals surface area contributed by atoms with Gasteiger partial charge in [-0.3, -0.25) is 24.1 Å². The van der Waals surface area contributed by atoms with Crippen LogP contribution in [0.2, 0.25) is 0 Å². The van der Waals surface area contributed by atoms with Gasteiger partial charge in [0, 0.05) is 53.5 Å². The maximum Gasteiger partial charge on any atom is 0.326 e. The van der Waals surface area contributed by atoms with Crippen molar-refractivity contribution in [1.29, 1.82) is 0 Å². The van der Waals surface area contributed by atoms with E-state index in [1.54, 1.807) is 23.8 Å². The van der Waals surface area contributed by atoms with Gasteiger partial charge in [-0.1, -0.05) is 96.2 Å². The molecule has 4 amide bonds. The average Bonchev–Trinajstić information content (AvgIpc) is 3.71. The predicted molar refractivity (Wildman–Crippen MR) is 239 cm³/mol. The van der Waals surface area contributed by atoms with Crippen LogP contribution in [-0.4, -0.2) is 134 Å². The number of aliphatic carboxylic acids is 1. The van der Waals surface area contributed by atoms with E-state index in [1.807, 2.05) is 108 Å². The Balaban J connectivity index is 1.78. The van der Waals surface area contributed by atoms with Crippen molar-refractivity contribution in [3.05, 3.63) is 77.9 Å². The molecular weight excluding hydrogens is 777 g/mol. The number of carboxylic acids is 1. The van der Waals surface area contributed by atoms with E-state index in [0.29, 0.717) is 37.9 Å². The zero-order valence-electron chi connectivity index (χ0n) is 38.3. The minimum absolute atomic E-state index is 0.0552. The molecule has 3 rings (SSSR count). The number of likely N-dealkylation sites (N-methyl/N-ethyl adjacent to an activating group) is 2. The summed E-state index contributed by atoms with van der Waals surface area (Å²) in [4.78, 5) is 73.9. The average molecular weight is 849 g/mol. The lowest BCUT2D eigenvalue weighted by molar-refractivity contribution is -0.146. The minimum Gasteiger partial charge on any atom is -0.480 e. The lowest BCUT2D eigenvalue weighted by Gasteiger charge is -2.39. The molecule has 0 saturated carbocycles. The Morgan fingerprint density at radius 2 is 1.54 bits per heavy atom. The molecule has 61 heavy (non-hydrogen) atoms. The molecule has 0 aliphatic carbocycles. The third-order valence-corrected chi connectivity index (χ3v) is 12.0. The van der Waals surface area contributed by atoms with Crippen LogP contribution >= 0.6 is 0 Å². The number of likely N-dealkylation sites (tertiary alicyclic amines) is 1. The summed E-state index contributed by atoms with van der Waals surface area (Å²) in [6.45, 7) is 16.6. The Kier molecular flexibility index (Phi) is 19.9. The number of rotatable bonds is 24. The first-order valence-corrected chi connectivity index (χ1v) is 21.5. The second kappa shape index (κ2) is 24.0. The van der Waals surface area contributed by atoms with Gasteiger partial charge in [0.1, 0.15) is 12.1 Å². The van der Waals surface area contributed by atoms with Gasteiger partial charge in [0.05, 0.1) is 42.7 Å². The smallest absolute Gasteiger partial charge is 0.326 e. The van der Waals surface area contributed by atoms with Gasteiger partial charge in [0.2, 0.25) is 23.6 Å². The highest BCUT2D eigenvalue weighted by atomic mass is 16.5. The van der Waals surface area contributed by atoms with Gasteiger partial charge in [-0.15, -0.1) is 0 Å². The summed E-state index contributed by atoms with van der Waals surface area (Å²) in [5.74, 6) is -3.54. The number of hydrogen-bond acceptors (Lipinski definition) is 9. The Morgan fingerprint density at radius 3 is 2.10 bits per heavy atom. The molecule has 1 fully saturated rings. The molecule has 1 aliphatic heterocycles. The number of carbonyl (C=O) groups is 5. The summed E-state index contributed by atoms with van der Waals surface area (Å²) in [6, 6.07) is 13.4. The molecule has 1 aliphatic rings. The zero-order chi connectivity index (χ0) is 45.6. The fraction of sp³-hybridized carbons (Fsp3) is 0.596. The second-order valence-electron chi connectivity index (χ2n) is 17.0. The Morgan fingerprint density at radius 1 is 0.885 bits per heavy atom. The van der Waals surface area contributed by atoms with Crippen LogP contribution in [0.1, 0.15) is 78.4 Å². The van der Waals surface area contributed by atoms with Crippen LogP contribution in [0.4, 0.5) is 5.69 Å². The third kappa shape index (κ3) is 13.6. The van der Waals surface area contributed by atoms with E-state index in [4.69, 9.17) is 9.47 Å². The summed E-state index contributed by atoms with van der Waals surface area (Å²) in [7, 11) is 8.43. The molecule has 8 atom stereocenters. The molecule has 0 spiro atoms. The summed E-state index contributed by atoms with van der Waals surface area (Å²) in [5, 5.41) is 18.8. The molecule has 2 aromatic carbocycles. The number of nitrogens with one attached hydrogen (secondary N) is 3. The van der Waals surface area contributed by atoms with Gasteiger partial charge in [-0.25, -0.2) is 4.79 Å². The molecule has 1 saturated heterocycles. The topological polar surface area (TPSA) is 170 Å². The van der Waals surface area contributed by atoms with Crippen molar-refractivity contribution < 1.29 is 38.6 Å². The van der Waals surface area contributed by atoms with Gasteiger partial charge in [0.15, 0.2) is 0 Å². The first-order valence-electron chi connectivity index (χ1n) is 21.5. The summed E-state index contributed by atoms with van der Waals surface area (Å²) >= 11 is 0. The van der Waals surface area contributed by atoms with E-state index < -0.39 is 60.2 Å². The van der Waals surface area contributed by atoms with Crippen molar-refractivity contribution in [3.8, 4) is 0 Å². The maximum absolute atomic E-state index is 14.5. The van der Waals surface area contributed by atoms with E-state index in [2.05, 4.69) is 22.5 Å². The van der Waals surface area contributed by atoms with Gasteiger partial charge in [0.25, 0.3) is 0 Å². The fourth-order valence-electron chi connectivity index (χ4n) is 8.58. The van der Waals surface area contributed by atoms with Gasteiger partial charge >= 0.3 is 5.97 Å². The molecule has 0 aromatic heterocycles. The van der Waals surface area contributed by atoms with Crippen LogP contribution in [0.5, 0.6) is 0 Å². The highest BCUT2D eigenvalue weighted by Crippen LogP contribution is 2.30. The Hall–Kier alpha value is -4.79. The van der Waals surface area contributed by atoms with Crippen LogP contribution in [-0.2, 0) is 46.4 Å². The molecule has 0 radical (unpaired) electrons. The number of carboxylic acid groups (broad SMARTS) is 1. The number of anilines is 1. The third-order valence-electron chi connectivity index (χ3n) is 12.0. The van der Waals surface area contributed by atoms with E-state index in [1.165, 1.54) is 14.2 Å². The number of methoxy groups -OCH3 is 2. The Labute approximate surface area is 363 Å². The quantitative estimate of drug-likeness (QED) is 0.106. The predicted octanol–water partition coefficient (Wildman–Crippen LogP) is 4.98. The lowest BCUT2D eigenvalue weighted by Crippen LogP contribution is -2.59. The van der Waals surface area contributed by atoms with Crippen molar-refractivity contribution in [1.82, 2.24) is 25.3 Å². The van der Waals surface area contributed by atoms with Crippen molar-refractivity contribution in [3.63, 3.8) is 0 Å². The lowest BCUT2D eigenvalue weighted by atomic mass is 9.92. The number of carbonyl (C=O) groups excluding carboxylic acids is 4. The van der Waals surface area contributed by atoms with Crippen LogP contribution < -0.4 is 16.0 Å². The SMILES string of the molecule is C=C(CC)[C@@H]([C@@H](CC(=O)N1CCCC1[C@H](OC)[C@@H](C)C(=O)N[C@@H](Cc1ccccc1)C(=O)O)OC)N(C)C(=O)[C@@H](NC(=O)[C@H](C(C)C)N(C)Cc1cccc(NC)c1)C(C)C. The number of amides is 4. The molecule has 0 bridgehead atoms. The molecule has 14 nitrogen and oxygen atoms in total. The first-order chi connectivity index (χ1) is 28.9. The molecule has 14 heteroatoms. The van der Waals surface area contributed by atoms with Gasteiger partial charge in [-0.2, -0.15) is 0 Å². The van der Waals surface area contributed by atoms with Crippen LogP contribution in [0.3, 0.4) is 0 Å². The zero-order valence-corrected chi connectivity index (χ0v) is 38.3. The fourth-order valence-corrected chi connectivity index (χ4v) is 8.58. The number of nitrogens with zero attached hydrogens (tertiary/aromatic N) is 3. The summed E-state index contributed by atoms with van der Waals surface area (Å²) in [6.07, 6.45) is 0.312. The largest absolute Gasteiger partial charge is 0.480 e. The van der Waals surface area contributed by atoms with E-state index in [0.717, 1.165) is 16.8 Å². The normalized spacial score (nSPS) is 17.5. The highest BCUT2D eigenvalue weighted by Gasteiger charge is 2.43. The van der Waals surface area contributed by atoms with Crippen LogP contribution in [0, 0.1) is 17.8 Å². The molecule has 4 N–H and O–H groups in total. The van der Waals surface area contributed by atoms with Gasteiger partial charge in [-0.05, 0) is 61.4 Å². The Bertz CT molecular complexity index is 1770. The number of ether oxygens (including phenoxy) is 2. The molecule has 1 unspecified atom stereocenters. The monoisotopic (exact) mass is 849 g/mol. The van der Waals surface area contributed by atoms with Crippen molar-refractivity contribution in [2.24, 2.45) is 17.8 Å². The van der Waals surface area contributed by atoms with E-state index >= 15 is 0 Å². The highest BCUT2D eigenvalue weighted by molar-refractivity contribution is 5.90.